The van der Waals surface area contributed by atoms with Gasteiger partial charge in [-0.2, -0.15) is 0 Å². The number of nitrogens with zero attached hydrogens (tertiary/aromatic N) is 2. The number of nitro groups is 1. The zero-order valence-electron chi connectivity index (χ0n) is 14.3. The smallest absolute Gasteiger partial charge is 0.310 e. The Hall–Kier alpha value is -3.09. The summed E-state index contributed by atoms with van der Waals surface area (Å²) in [6.45, 7) is 5.68. The molecule has 0 unspecified atom stereocenters. The molecule has 0 saturated heterocycles. The third-order valence-electron chi connectivity index (χ3n) is 3.70. The monoisotopic (exact) mass is 343 g/mol. The first kappa shape index (κ1) is 18.3. The average molecular weight is 343 g/mol. The third-order valence-corrected chi connectivity index (χ3v) is 3.70. The summed E-state index contributed by atoms with van der Waals surface area (Å²) < 4.78 is 5.27. The molecule has 25 heavy (non-hydrogen) atoms. The van der Waals surface area contributed by atoms with Crippen LogP contribution in [0.15, 0.2) is 48.5 Å². The van der Waals surface area contributed by atoms with Crippen LogP contribution in [-0.4, -0.2) is 30.5 Å². The number of ether oxygens (including phenoxy) is 1. The Kier molecular flexibility index (Phi) is 6.33. The summed E-state index contributed by atoms with van der Waals surface area (Å²) in [6, 6.07) is 13.5. The maximum atomic E-state index is 12.0. The minimum Gasteiger partial charge on any atom is -0.477 e. The number of benzene rings is 2. The lowest BCUT2D eigenvalue weighted by Gasteiger charge is -2.21. The van der Waals surface area contributed by atoms with Crippen LogP contribution in [-0.2, 0) is 4.79 Å². The van der Waals surface area contributed by atoms with Crippen molar-refractivity contribution in [1.82, 2.24) is 0 Å². The molecule has 1 amide bonds. The zero-order valence-corrected chi connectivity index (χ0v) is 14.3. The Morgan fingerprint density at radius 1 is 1.12 bits per heavy atom. The Bertz CT molecular complexity index is 727. The predicted octanol–water partition coefficient (Wildman–Crippen LogP) is 3.46. The number of carbonyl (C=O) groups is 1. The van der Waals surface area contributed by atoms with Crippen LogP contribution in [0.1, 0.15) is 13.8 Å². The molecular weight excluding hydrogens is 322 g/mol. The second kappa shape index (κ2) is 8.68. The van der Waals surface area contributed by atoms with Crippen LogP contribution in [0.5, 0.6) is 5.75 Å². The zero-order chi connectivity index (χ0) is 18.2. The standard InChI is InChI=1S/C18H21N3O4/c1-3-20(4-2)15-11-9-14(10-12-15)19-18(22)13-25-17-8-6-5-7-16(17)21(23)24/h5-12H,3-4,13H2,1-2H3,(H,19,22). The van der Waals surface area contributed by atoms with Crippen molar-refractivity contribution < 1.29 is 14.5 Å². The van der Waals surface area contributed by atoms with Crippen LogP contribution in [0.3, 0.4) is 0 Å². The molecule has 0 heterocycles. The SMILES string of the molecule is CCN(CC)c1ccc(NC(=O)COc2ccccc2[N+](=O)[O-])cc1. The van der Waals surface area contributed by atoms with Gasteiger partial charge in [0.15, 0.2) is 12.4 Å². The molecule has 0 atom stereocenters. The largest absolute Gasteiger partial charge is 0.477 e. The number of nitrogens with one attached hydrogen (secondary N) is 1. The summed E-state index contributed by atoms with van der Waals surface area (Å²) in [5.74, 6) is -0.312. The number of nitro benzene ring substituents is 1. The highest BCUT2D eigenvalue weighted by atomic mass is 16.6. The first-order chi connectivity index (χ1) is 12.0. The second-order valence-electron chi connectivity index (χ2n) is 5.28. The van der Waals surface area contributed by atoms with Crippen LogP contribution in [0.4, 0.5) is 17.1 Å². The van der Waals surface area contributed by atoms with E-state index in [4.69, 9.17) is 4.74 Å². The number of carbonyl (C=O) groups excluding carboxylic acids is 1. The number of amides is 1. The summed E-state index contributed by atoms with van der Waals surface area (Å²) >= 11 is 0. The number of para-hydroxylation sites is 2. The van der Waals surface area contributed by atoms with E-state index in [1.807, 2.05) is 24.3 Å². The van der Waals surface area contributed by atoms with Crippen molar-refractivity contribution in [3.8, 4) is 5.75 Å². The van der Waals surface area contributed by atoms with Gasteiger partial charge in [0.2, 0.25) is 0 Å². The topological polar surface area (TPSA) is 84.7 Å². The van der Waals surface area contributed by atoms with E-state index in [1.54, 1.807) is 12.1 Å². The van der Waals surface area contributed by atoms with Gasteiger partial charge in [-0.15, -0.1) is 0 Å². The quantitative estimate of drug-likeness (QED) is 0.586. The lowest BCUT2D eigenvalue weighted by atomic mass is 10.2. The van der Waals surface area contributed by atoms with Crippen molar-refractivity contribution in [2.45, 2.75) is 13.8 Å². The Morgan fingerprint density at radius 2 is 1.76 bits per heavy atom. The van der Waals surface area contributed by atoms with Gasteiger partial charge in [-0.3, -0.25) is 14.9 Å². The fraction of sp³-hybridized carbons (Fsp3) is 0.278. The molecule has 0 bridgehead atoms. The molecule has 0 fully saturated rings. The van der Waals surface area contributed by atoms with Crippen LogP contribution in [0, 0.1) is 10.1 Å². The molecule has 2 aromatic carbocycles. The normalized spacial score (nSPS) is 10.2. The second-order valence-corrected chi connectivity index (χ2v) is 5.28. The molecule has 2 rings (SSSR count). The highest BCUT2D eigenvalue weighted by molar-refractivity contribution is 5.92. The fourth-order valence-electron chi connectivity index (χ4n) is 2.41. The van der Waals surface area contributed by atoms with Crippen molar-refractivity contribution in [3.63, 3.8) is 0 Å². The van der Waals surface area contributed by atoms with E-state index < -0.39 is 4.92 Å². The first-order valence-electron chi connectivity index (χ1n) is 8.06. The molecular formula is C18H21N3O4. The molecule has 2 aromatic rings. The number of anilines is 2. The maximum Gasteiger partial charge on any atom is 0.310 e. The summed E-state index contributed by atoms with van der Waals surface area (Å²) in [5.41, 5.74) is 1.56. The van der Waals surface area contributed by atoms with Crippen molar-refractivity contribution in [3.05, 3.63) is 58.6 Å². The van der Waals surface area contributed by atoms with E-state index in [9.17, 15) is 14.9 Å². The molecule has 0 aliphatic carbocycles. The van der Waals surface area contributed by atoms with Crippen molar-refractivity contribution in [1.29, 1.82) is 0 Å². The molecule has 0 aliphatic heterocycles. The van der Waals surface area contributed by atoms with Crippen LogP contribution in [0.25, 0.3) is 0 Å². The number of hydrogen-bond acceptors (Lipinski definition) is 5. The molecule has 0 aliphatic rings. The molecule has 0 saturated carbocycles. The molecule has 132 valence electrons. The number of rotatable bonds is 8. The Balaban J connectivity index is 1.94. The molecule has 0 aromatic heterocycles. The Labute approximate surface area is 146 Å². The van der Waals surface area contributed by atoms with E-state index in [2.05, 4.69) is 24.1 Å². The summed E-state index contributed by atoms with van der Waals surface area (Å²) in [7, 11) is 0. The Morgan fingerprint density at radius 3 is 2.36 bits per heavy atom. The summed E-state index contributed by atoms with van der Waals surface area (Å²) in [4.78, 5) is 24.6. The predicted molar refractivity (Wildman–Crippen MR) is 97.2 cm³/mol. The summed E-state index contributed by atoms with van der Waals surface area (Å²) in [6.07, 6.45) is 0. The van der Waals surface area contributed by atoms with Crippen LogP contribution in [0.2, 0.25) is 0 Å². The van der Waals surface area contributed by atoms with Gasteiger partial charge in [-0.1, -0.05) is 12.1 Å². The van der Waals surface area contributed by atoms with E-state index in [0.29, 0.717) is 5.69 Å². The van der Waals surface area contributed by atoms with Crippen molar-refractivity contribution >= 4 is 23.0 Å². The van der Waals surface area contributed by atoms with E-state index in [1.165, 1.54) is 12.1 Å². The van der Waals surface area contributed by atoms with E-state index in [0.717, 1.165) is 18.8 Å². The van der Waals surface area contributed by atoms with Crippen LogP contribution >= 0.6 is 0 Å². The highest BCUT2D eigenvalue weighted by Crippen LogP contribution is 2.25. The number of hydrogen-bond donors (Lipinski definition) is 1. The van der Waals surface area contributed by atoms with Gasteiger partial charge in [-0.25, -0.2) is 0 Å². The van der Waals surface area contributed by atoms with Crippen LogP contribution < -0.4 is 15.0 Å². The molecule has 0 radical (unpaired) electrons. The lowest BCUT2D eigenvalue weighted by molar-refractivity contribution is -0.385. The maximum absolute atomic E-state index is 12.0. The van der Waals surface area contributed by atoms with Gasteiger partial charge in [0.1, 0.15) is 0 Å². The fourth-order valence-corrected chi connectivity index (χ4v) is 2.41. The van der Waals surface area contributed by atoms with Gasteiger partial charge >= 0.3 is 5.69 Å². The van der Waals surface area contributed by atoms with E-state index >= 15 is 0 Å². The van der Waals surface area contributed by atoms with Gasteiger partial charge in [-0.05, 0) is 44.2 Å². The van der Waals surface area contributed by atoms with Gasteiger partial charge in [0, 0.05) is 30.5 Å². The van der Waals surface area contributed by atoms with Crippen molar-refractivity contribution in [2.75, 3.05) is 29.9 Å². The van der Waals surface area contributed by atoms with Gasteiger partial charge < -0.3 is 15.0 Å². The minimum atomic E-state index is -0.542. The molecule has 1 N–H and O–H groups in total. The first-order valence-corrected chi connectivity index (χ1v) is 8.06. The van der Waals surface area contributed by atoms with Crippen molar-refractivity contribution in [2.24, 2.45) is 0 Å². The van der Waals surface area contributed by atoms with Gasteiger partial charge in [0.25, 0.3) is 5.91 Å². The van der Waals surface area contributed by atoms with E-state index in [-0.39, 0.29) is 24.0 Å². The lowest BCUT2D eigenvalue weighted by Crippen LogP contribution is -2.22. The molecule has 0 spiro atoms. The van der Waals surface area contributed by atoms with Gasteiger partial charge in [0.05, 0.1) is 4.92 Å². The molecule has 7 heteroatoms. The third kappa shape index (κ3) is 4.94. The minimum absolute atomic E-state index is 0.0690. The average Bonchev–Trinajstić information content (AvgIpc) is 2.62. The highest BCUT2D eigenvalue weighted by Gasteiger charge is 2.15. The summed E-state index contributed by atoms with van der Waals surface area (Å²) in [5, 5.41) is 13.6. The molecule has 7 nitrogen and oxygen atoms in total.